The standard InChI is InChI=1S/C8H16N2O3S/c1-5(4-14-3)9-8(13)10-6(2)7(11)12/h5-6H,4H2,1-3H3,(H,11,12)(H2,9,10,13)/t5?,6-/m0/s1. The molecule has 0 radical (unpaired) electrons. The molecule has 0 aromatic carbocycles. The first-order valence-corrected chi connectivity index (χ1v) is 5.65. The molecule has 0 rings (SSSR count). The number of aliphatic carboxylic acids is 1. The molecule has 3 N–H and O–H groups in total. The van der Waals surface area contributed by atoms with Crippen LogP contribution in [0.3, 0.4) is 0 Å². The van der Waals surface area contributed by atoms with Crippen molar-refractivity contribution in [3.63, 3.8) is 0 Å². The molecule has 0 aromatic heterocycles. The summed E-state index contributed by atoms with van der Waals surface area (Å²) >= 11 is 1.62. The number of hydrogen-bond acceptors (Lipinski definition) is 3. The van der Waals surface area contributed by atoms with E-state index in [1.165, 1.54) is 6.92 Å². The fourth-order valence-corrected chi connectivity index (χ4v) is 1.40. The van der Waals surface area contributed by atoms with E-state index in [1.807, 2.05) is 13.2 Å². The number of nitrogens with one attached hydrogen (secondary N) is 2. The summed E-state index contributed by atoms with van der Waals surface area (Å²) in [4.78, 5) is 21.5. The van der Waals surface area contributed by atoms with Crippen molar-refractivity contribution >= 4 is 23.8 Å². The molecule has 2 amide bonds. The molecule has 6 heteroatoms. The van der Waals surface area contributed by atoms with E-state index in [9.17, 15) is 9.59 Å². The van der Waals surface area contributed by atoms with Crippen molar-refractivity contribution in [2.24, 2.45) is 0 Å². The van der Waals surface area contributed by atoms with Crippen molar-refractivity contribution in [1.29, 1.82) is 0 Å². The number of carboxylic acid groups (broad SMARTS) is 1. The molecule has 0 saturated carbocycles. The van der Waals surface area contributed by atoms with Crippen molar-refractivity contribution in [3.05, 3.63) is 0 Å². The van der Waals surface area contributed by atoms with Crippen LogP contribution in [0, 0.1) is 0 Å². The predicted molar refractivity (Wildman–Crippen MR) is 56.6 cm³/mol. The van der Waals surface area contributed by atoms with Gasteiger partial charge in [-0.05, 0) is 20.1 Å². The lowest BCUT2D eigenvalue weighted by Gasteiger charge is -2.15. The molecule has 1 unspecified atom stereocenters. The molecule has 0 fully saturated rings. The Hall–Kier alpha value is -0.910. The zero-order chi connectivity index (χ0) is 11.1. The molecule has 0 aliphatic rings. The van der Waals surface area contributed by atoms with Gasteiger partial charge in [-0.25, -0.2) is 4.79 Å². The van der Waals surface area contributed by atoms with Crippen LogP contribution < -0.4 is 10.6 Å². The van der Waals surface area contributed by atoms with Crippen molar-refractivity contribution in [1.82, 2.24) is 10.6 Å². The molecule has 14 heavy (non-hydrogen) atoms. The third-order valence-electron chi connectivity index (χ3n) is 1.51. The van der Waals surface area contributed by atoms with Crippen LogP contribution in [-0.2, 0) is 4.79 Å². The van der Waals surface area contributed by atoms with Crippen molar-refractivity contribution in [3.8, 4) is 0 Å². The topological polar surface area (TPSA) is 78.4 Å². The second kappa shape index (κ2) is 6.53. The Labute approximate surface area is 87.6 Å². The maximum Gasteiger partial charge on any atom is 0.325 e. The summed E-state index contributed by atoms with van der Waals surface area (Å²) in [5.41, 5.74) is 0. The second-order valence-electron chi connectivity index (χ2n) is 3.03. The molecule has 0 saturated heterocycles. The highest BCUT2D eigenvalue weighted by Crippen LogP contribution is 1.95. The van der Waals surface area contributed by atoms with E-state index in [1.54, 1.807) is 11.8 Å². The summed E-state index contributed by atoms with van der Waals surface area (Å²) in [6.45, 7) is 3.28. The summed E-state index contributed by atoms with van der Waals surface area (Å²) in [6.07, 6.45) is 1.94. The van der Waals surface area contributed by atoms with Crippen LogP contribution in [0.1, 0.15) is 13.8 Å². The van der Waals surface area contributed by atoms with Crippen LogP contribution in [0.4, 0.5) is 4.79 Å². The molecule has 0 heterocycles. The van der Waals surface area contributed by atoms with E-state index in [4.69, 9.17) is 5.11 Å². The van der Waals surface area contributed by atoms with Gasteiger partial charge >= 0.3 is 12.0 Å². The second-order valence-corrected chi connectivity index (χ2v) is 3.94. The Balaban J connectivity index is 3.80. The summed E-state index contributed by atoms with van der Waals surface area (Å²) in [6, 6.07) is -1.27. The number of carbonyl (C=O) groups excluding carboxylic acids is 1. The van der Waals surface area contributed by atoms with E-state index >= 15 is 0 Å². The SMILES string of the molecule is CSCC(C)NC(=O)N[C@@H](C)C(=O)O. The fraction of sp³-hybridized carbons (Fsp3) is 0.750. The van der Waals surface area contributed by atoms with E-state index in [0.717, 1.165) is 5.75 Å². The lowest BCUT2D eigenvalue weighted by molar-refractivity contribution is -0.138. The first-order chi connectivity index (χ1) is 6.47. The Kier molecular flexibility index (Phi) is 6.11. The Bertz CT molecular complexity index is 211. The first kappa shape index (κ1) is 13.1. The molecule has 0 aromatic rings. The van der Waals surface area contributed by atoms with Gasteiger partial charge in [-0.1, -0.05) is 0 Å². The maximum absolute atomic E-state index is 11.1. The lowest BCUT2D eigenvalue weighted by Crippen LogP contribution is -2.47. The molecular formula is C8H16N2O3S. The average molecular weight is 220 g/mol. The van der Waals surface area contributed by atoms with E-state index < -0.39 is 18.0 Å². The zero-order valence-corrected chi connectivity index (χ0v) is 9.35. The van der Waals surface area contributed by atoms with Crippen LogP contribution in [0.2, 0.25) is 0 Å². The Morgan fingerprint density at radius 3 is 2.36 bits per heavy atom. The van der Waals surface area contributed by atoms with Gasteiger partial charge in [0, 0.05) is 11.8 Å². The maximum atomic E-state index is 11.1. The highest BCUT2D eigenvalue weighted by Gasteiger charge is 2.14. The van der Waals surface area contributed by atoms with Gasteiger partial charge in [0.2, 0.25) is 0 Å². The van der Waals surface area contributed by atoms with Crippen molar-refractivity contribution in [2.45, 2.75) is 25.9 Å². The van der Waals surface area contributed by atoms with Gasteiger partial charge in [0.05, 0.1) is 0 Å². The first-order valence-electron chi connectivity index (χ1n) is 4.26. The van der Waals surface area contributed by atoms with Gasteiger partial charge in [-0.15, -0.1) is 0 Å². The summed E-state index contributed by atoms with van der Waals surface area (Å²) in [5, 5.41) is 13.5. The monoisotopic (exact) mass is 220 g/mol. The minimum atomic E-state index is -1.04. The number of rotatable bonds is 5. The molecule has 0 aliphatic heterocycles. The zero-order valence-electron chi connectivity index (χ0n) is 8.53. The minimum Gasteiger partial charge on any atom is -0.480 e. The van der Waals surface area contributed by atoms with Crippen molar-refractivity contribution < 1.29 is 14.7 Å². The number of carboxylic acids is 1. The Morgan fingerprint density at radius 2 is 1.93 bits per heavy atom. The average Bonchev–Trinajstić information content (AvgIpc) is 2.03. The van der Waals surface area contributed by atoms with Crippen LogP contribution in [0.25, 0.3) is 0 Å². The third-order valence-corrected chi connectivity index (χ3v) is 2.35. The number of carbonyl (C=O) groups is 2. The number of hydrogen-bond donors (Lipinski definition) is 3. The fourth-order valence-electron chi connectivity index (χ4n) is 0.816. The van der Waals surface area contributed by atoms with Crippen LogP contribution in [0.15, 0.2) is 0 Å². The van der Waals surface area contributed by atoms with Gasteiger partial charge in [0.1, 0.15) is 6.04 Å². The smallest absolute Gasteiger partial charge is 0.325 e. The molecule has 0 bridgehead atoms. The van der Waals surface area contributed by atoms with Gasteiger partial charge in [-0.3, -0.25) is 4.79 Å². The normalized spacial score (nSPS) is 14.2. The summed E-state index contributed by atoms with van der Waals surface area (Å²) in [7, 11) is 0. The predicted octanol–water partition coefficient (Wildman–Crippen LogP) is 0.510. The van der Waals surface area contributed by atoms with Gasteiger partial charge < -0.3 is 15.7 Å². The number of urea groups is 1. The quantitative estimate of drug-likeness (QED) is 0.631. The summed E-state index contributed by atoms with van der Waals surface area (Å²) in [5.74, 6) is -0.243. The lowest BCUT2D eigenvalue weighted by atomic mass is 10.3. The Morgan fingerprint density at radius 1 is 1.36 bits per heavy atom. The summed E-state index contributed by atoms with van der Waals surface area (Å²) < 4.78 is 0. The molecular weight excluding hydrogens is 204 g/mol. The highest BCUT2D eigenvalue weighted by molar-refractivity contribution is 7.98. The molecule has 0 aliphatic carbocycles. The van der Waals surface area contributed by atoms with Crippen LogP contribution in [0.5, 0.6) is 0 Å². The van der Waals surface area contributed by atoms with E-state index in [0.29, 0.717) is 0 Å². The molecule has 0 spiro atoms. The van der Waals surface area contributed by atoms with Crippen molar-refractivity contribution in [2.75, 3.05) is 12.0 Å². The van der Waals surface area contributed by atoms with Gasteiger partial charge in [-0.2, -0.15) is 11.8 Å². The number of amides is 2. The molecule has 2 atom stereocenters. The van der Waals surface area contributed by atoms with Crippen LogP contribution >= 0.6 is 11.8 Å². The third kappa shape index (κ3) is 5.69. The highest BCUT2D eigenvalue weighted by atomic mass is 32.2. The molecule has 5 nitrogen and oxygen atoms in total. The van der Waals surface area contributed by atoms with E-state index in [-0.39, 0.29) is 6.04 Å². The van der Waals surface area contributed by atoms with Gasteiger partial charge in [0.25, 0.3) is 0 Å². The minimum absolute atomic E-state index is 0.0333. The largest absolute Gasteiger partial charge is 0.480 e. The van der Waals surface area contributed by atoms with Crippen LogP contribution in [-0.4, -0.2) is 41.2 Å². The molecule has 82 valence electrons. The number of thioether (sulfide) groups is 1. The van der Waals surface area contributed by atoms with Gasteiger partial charge in [0.15, 0.2) is 0 Å². The van der Waals surface area contributed by atoms with E-state index in [2.05, 4.69) is 10.6 Å².